The summed E-state index contributed by atoms with van der Waals surface area (Å²) in [5.74, 6) is 0.568. The van der Waals surface area contributed by atoms with Crippen LogP contribution >= 0.6 is 0 Å². The van der Waals surface area contributed by atoms with Crippen molar-refractivity contribution < 1.29 is 5.11 Å². The molecule has 0 aromatic heterocycles. The van der Waals surface area contributed by atoms with Crippen molar-refractivity contribution >= 4 is 0 Å². The molecule has 1 aliphatic carbocycles. The van der Waals surface area contributed by atoms with Crippen LogP contribution in [0, 0.1) is 0 Å². The zero-order valence-electron chi connectivity index (χ0n) is 9.88. The van der Waals surface area contributed by atoms with Crippen LogP contribution in [0.2, 0.25) is 0 Å². The normalized spacial score (nSPS) is 24.6. The van der Waals surface area contributed by atoms with E-state index in [2.05, 4.69) is 39.0 Å². The van der Waals surface area contributed by atoms with E-state index in [0.717, 1.165) is 12.8 Å². The lowest BCUT2D eigenvalue weighted by Crippen LogP contribution is -2.23. The van der Waals surface area contributed by atoms with Gasteiger partial charge in [-0.25, -0.2) is 0 Å². The van der Waals surface area contributed by atoms with E-state index in [1.54, 1.807) is 0 Å². The third-order valence-electron chi connectivity index (χ3n) is 3.75. The Hall–Kier alpha value is -0.820. The molecule has 15 heavy (non-hydrogen) atoms. The average Bonchev–Trinajstić information content (AvgIpc) is 2.57. The van der Waals surface area contributed by atoms with Gasteiger partial charge in [0.25, 0.3) is 0 Å². The molecule has 0 radical (unpaired) electrons. The van der Waals surface area contributed by atoms with E-state index in [9.17, 15) is 5.11 Å². The Morgan fingerprint density at radius 1 is 1.40 bits per heavy atom. The highest BCUT2D eigenvalue weighted by atomic mass is 16.3. The number of hydrogen-bond acceptors (Lipinski definition) is 1. The van der Waals surface area contributed by atoms with Crippen molar-refractivity contribution in [2.24, 2.45) is 0 Å². The lowest BCUT2D eigenvalue weighted by atomic mass is 9.83. The zero-order chi connectivity index (χ0) is 11.1. The molecule has 0 heterocycles. The lowest BCUT2D eigenvalue weighted by molar-refractivity contribution is 0.205. The molecule has 0 amide bonds. The summed E-state index contributed by atoms with van der Waals surface area (Å²) in [6.07, 6.45) is 2.20. The summed E-state index contributed by atoms with van der Waals surface area (Å²) in [5.41, 5.74) is 4.18. The van der Waals surface area contributed by atoms with Crippen LogP contribution in [-0.4, -0.2) is 11.7 Å². The summed E-state index contributed by atoms with van der Waals surface area (Å²) >= 11 is 0. The molecule has 0 saturated heterocycles. The van der Waals surface area contributed by atoms with Gasteiger partial charge in [-0.2, -0.15) is 0 Å². The predicted molar refractivity (Wildman–Crippen MR) is 63.3 cm³/mol. The van der Waals surface area contributed by atoms with Crippen molar-refractivity contribution in [1.29, 1.82) is 0 Å². The summed E-state index contributed by atoms with van der Waals surface area (Å²) in [4.78, 5) is 0. The zero-order valence-corrected chi connectivity index (χ0v) is 9.88. The molecule has 1 heteroatoms. The van der Waals surface area contributed by atoms with E-state index in [1.165, 1.54) is 16.7 Å². The van der Waals surface area contributed by atoms with Crippen LogP contribution < -0.4 is 0 Å². The molecule has 1 nitrogen and oxygen atoms in total. The molecule has 2 rings (SSSR count). The fourth-order valence-electron chi connectivity index (χ4n) is 2.44. The van der Waals surface area contributed by atoms with Crippen LogP contribution in [0.1, 0.15) is 49.8 Å². The number of aliphatic hydroxyl groups excluding tert-OH is 1. The van der Waals surface area contributed by atoms with Crippen molar-refractivity contribution in [2.75, 3.05) is 6.61 Å². The molecule has 1 unspecified atom stereocenters. The SMILES string of the molecule is CC(C)c1ccc2c(c1)C(C)(CO)CC2. The molecule has 0 aliphatic heterocycles. The standard InChI is InChI=1S/C14H20O/c1-10(2)12-5-4-11-6-7-14(3,9-15)13(11)8-12/h4-5,8,10,15H,6-7,9H2,1-3H3. The minimum atomic E-state index is 0.000231. The van der Waals surface area contributed by atoms with Gasteiger partial charge in [0.15, 0.2) is 0 Å². The Kier molecular flexibility index (Phi) is 2.59. The van der Waals surface area contributed by atoms with E-state index >= 15 is 0 Å². The molecule has 1 N–H and O–H groups in total. The Balaban J connectivity index is 2.47. The quantitative estimate of drug-likeness (QED) is 0.785. The van der Waals surface area contributed by atoms with E-state index in [1.807, 2.05) is 0 Å². The van der Waals surface area contributed by atoms with Gasteiger partial charge in [-0.15, -0.1) is 0 Å². The van der Waals surface area contributed by atoms with Crippen LogP contribution in [0.15, 0.2) is 18.2 Å². The Morgan fingerprint density at radius 2 is 2.13 bits per heavy atom. The highest BCUT2D eigenvalue weighted by molar-refractivity contribution is 5.42. The molecule has 0 fully saturated rings. The van der Waals surface area contributed by atoms with E-state index in [0.29, 0.717) is 5.92 Å². The molecule has 82 valence electrons. The topological polar surface area (TPSA) is 20.2 Å². The molecule has 0 saturated carbocycles. The maximum Gasteiger partial charge on any atom is 0.0525 e. The molecule has 0 spiro atoms. The van der Waals surface area contributed by atoms with Crippen molar-refractivity contribution in [3.63, 3.8) is 0 Å². The molecule has 1 aromatic carbocycles. The summed E-state index contributed by atoms with van der Waals surface area (Å²) in [5, 5.41) is 9.50. The number of rotatable bonds is 2. The van der Waals surface area contributed by atoms with Crippen LogP contribution in [0.5, 0.6) is 0 Å². The first kappa shape index (κ1) is 10.7. The first-order valence-corrected chi connectivity index (χ1v) is 5.81. The van der Waals surface area contributed by atoms with Crippen LogP contribution in [0.25, 0.3) is 0 Å². The van der Waals surface area contributed by atoms with Crippen molar-refractivity contribution in [2.45, 2.75) is 44.9 Å². The second kappa shape index (κ2) is 3.64. The first-order valence-electron chi connectivity index (χ1n) is 5.81. The van der Waals surface area contributed by atoms with E-state index in [4.69, 9.17) is 0 Å². The van der Waals surface area contributed by atoms with Gasteiger partial charge in [0.2, 0.25) is 0 Å². The summed E-state index contributed by atoms with van der Waals surface area (Å²) in [7, 11) is 0. The van der Waals surface area contributed by atoms with Gasteiger partial charge >= 0.3 is 0 Å². The number of fused-ring (bicyclic) bond motifs is 1. The van der Waals surface area contributed by atoms with Crippen LogP contribution in [0.4, 0.5) is 0 Å². The van der Waals surface area contributed by atoms with Gasteiger partial charge in [0.1, 0.15) is 0 Å². The predicted octanol–water partition coefficient (Wildman–Crippen LogP) is 3.01. The molecular formula is C14H20O. The minimum Gasteiger partial charge on any atom is -0.395 e. The highest BCUT2D eigenvalue weighted by Gasteiger charge is 2.33. The smallest absolute Gasteiger partial charge is 0.0525 e. The van der Waals surface area contributed by atoms with Crippen molar-refractivity contribution in [3.05, 3.63) is 34.9 Å². The van der Waals surface area contributed by atoms with Crippen molar-refractivity contribution in [3.8, 4) is 0 Å². The second-order valence-electron chi connectivity index (χ2n) is 5.29. The monoisotopic (exact) mass is 204 g/mol. The molecule has 0 bridgehead atoms. The Labute approximate surface area is 92.1 Å². The van der Waals surface area contributed by atoms with Gasteiger partial charge in [0, 0.05) is 5.41 Å². The first-order chi connectivity index (χ1) is 7.07. The van der Waals surface area contributed by atoms with Gasteiger partial charge in [-0.1, -0.05) is 39.0 Å². The number of aryl methyl sites for hydroxylation is 1. The van der Waals surface area contributed by atoms with Crippen LogP contribution in [-0.2, 0) is 11.8 Å². The largest absolute Gasteiger partial charge is 0.395 e. The summed E-state index contributed by atoms with van der Waals surface area (Å²) < 4.78 is 0. The third-order valence-corrected chi connectivity index (χ3v) is 3.75. The van der Waals surface area contributed by atoms with Gasteiger partial charge in [-0.05, 0) is 35.4 Å². The second-order valence-corrected chi connectivity index (χ2v) is 5.29. The maximum absolute atomic E-state index is 9.50. The fourth-order valence-corrected chi connectivity index (χ4v) is 2.44. The van der Waals surface area contributed by atoms with E-state index < -0.39 is 0 Å². The average molecular weight is 204 g/mol. The number of hydrogen-bond donors (Lipinski definition) is 1. The van der Waals surface area contributed by atoms with Crippen LogP contribution in [0.3, 0.4) is 0 Å². The lowest BCUT2D eigenvalue weighted by Gasteiger charge is -2.23. The van der Waals surface area contributed by atoms with Gasteiger partial charge < -0.3 is 5.11 Å². The minimum absolute atomic E-state index is 0.000231. The molecular weight excluding hydrogens is 184 g/mol. The Bertz CT molecular complexity index is 368. The molecule has 1 aromatic rings. The van der Waals surface area contributed by atoms with E-state index in [-0.39, 0.29) is 12.0 Å². The van der Waals surface area contributed by atoms with Crippen molar-refractivity contribution in [1.82, 2.24) is 0 Å². The molecule has 1 aliphatic rings. The Morgan fingerprint density at radius 3 is 2.73 bits per heavy atom. The molecule has 1 atom stereocenters. The highest BCUT2D eigenvalue weighted by Crippen LogP contribution is 2.39. The maximum atomic E-state index is 9.50. The summed E-state index contributed by atoms with van der Waals surface area (Å²) in [6, 6.07) is 6.77. The van der Waals surface area contributed by atoms with Gasteiger partial charge in [-0.3, -0.25) is 0 Å². The number of aliphatic hydroxyl groups is 1. The summed E-state index contributed by atoms with van der Waals surface area (Å²) in [6.45, 7) is 6.87. The fraction of sp³-hybridized carbons (Fsp3) is 0.571. The van der Waals surface area contributed by atoms with Gasteiger partial charge in [0.05, 0.1) is 6.61 Å². The third kappa shape index (κ3) is 1.69. The number of benzene rings is 1.